The maximum absolute atomic E-state index is 7.79. The fourth-order valence-electron chi connectivity index (χ4n) is 5.16. The normalized spacial score (nSPS) is 11.3. The van der Waals surface area contributed by atoms with E-state index in [2.05, 4.69) is 94.8 Å². The van der Waals surface area contributed by atoms with Crippen molar-refractivity contribution in [2.75, 3.05) is 0 Å². The van der Waals surface area contributed by atoms with Crippen LogP contribution < -0.4 is 0 Å². The second kappa shape index (κ2) is 8.01. The molecule has 0 N–H and O–H groups in total. The average molecular weight is 458 g/mol. The molecule has 2 aromatic heterocycles. The Morgan fingerprint density at radius 3 is 2.11 bits per heavy atom. The highest BCUT2D eigenvalue weighted by molar-refractivity contribution is 6.14. The Kier molecular flexibility index (Phi) is 4.52. The third-order valence-electron chi connectivity index (χ3n) is 6.85. The zero-order chi connectivity index (χ0) is 24.1. The van der Waals surface area contributed by atoms with Crippen LogP contribution in [0.3, 0.4) is 0 Å². The molecule has 36 heavy (non-hydrogen) atoms. The minimum Gasteiger partial charge on any atom is -0.254 e. The number of rotatable bonds is 2. The van der Waals surface area contributed by atoms with Crippen LogP contribution in [0.5, 0.6) is 0 Å². The largest absolute Gasteiger partial charge is 0.254 e. The van der Waals surface area contributed by atoms with E-state index in [4.69, 9.17) is 11.6 Å². The van der Waals surface area contributed by atoms with Crippen LogP contribution in [0.4, 0.5) is 5.69 Å². The molecule has 0 atom stereocenters. The van der Waals surface area contributed by atoms with Crippen molar-refractivity contribution < 1.29 is 0 Å². The van der Waals surface area contributed by atoms with E-state index in [0.29, 0.717) is 5.69 Å². The summed E-state index contributed by atoms with van der Waals surface area (Å²) in [5, 5.41) is 6.91. The monoisotopic (exact) mass is 457 g/mol. The van der Waals surface area contributed by atoms with Gasteiger partial charge in [0.1, 0.15) is 0 Å². The molecule has 0 fully saturated rings. The lowest BCUT2D eigenvalue weighted by Gasteiger charge is -2.13. The lowest BCUT2D eigenvalue weighted by molar-refractivity contribution is 1.37. The van der Waals surface area contributed by atoms with E-state index in [0.717, 1.165) is 44.2 Å². The molecule has 3 heteroatoms. The number of benzene rings is 5. The molecular weight excluding hydrogens is 438 g/mol. The first kappa shape index (κ1) is 20.3. The fourth-order valence-corrected chi connectivity index (χ4v) is 5.16. The lowest BCUT2D eigenvalue weighted by atomic mass is 9.92. The van der Waals surface area contributed by atoms with Gasteiger partial charge in [-0.05, 0) is 74.6 Å². The van der Waals surface area contributed by atoms with Gasteiger partial charge in [0.25, 0.3) is 0 Å². The number of hydrogen-bond donors (Lipinski definition) is 0. The van der Waals surface area contributed by atoms with Crippen molar-refractivity contribution in [1.29, 1.82) is 0 Å². The van der Waals surface area contributed by atoms with Crippen molar-refractivity contribution in [1.82, 2.24) is 9.97 Å². The molecular formula is C33H19N3. The second-order valence-electron chi connectivity index (χ2n) is 8.98. The first-order valence-corrected chi connectivity index (χ1v) is 11.9. The summed E-state index contributed by atoms with van der Waals surface area (Å²) in [6.07, 6.45) is 1.80. The van der Waals surface area contributed by atoms with Gasteiger partial charge in [0.2, 0.25) is 0 Å². The van der Waals surface area contributed by atoms with E-state index in [-0.39, 0.29) is 0 Å². The van der Waals surface area contributed by atoms with Crippen LogP contribution in [0.15, 0.2) is 115 Å². The molecule has 5 aromatic carbocycles. The molecule has 0 aliphatic rings. The Morgan fingerprint density at radius 1 is 0.556 bits per heavy atom. The van der Waals surface area contributed by atoms with Crippen LogP contribution in [-0.2, 0) is 0 Å². The standard InChI is InChI=1S/C33H19N3/c1-34-26-18-24(30-20-23-7-2-3-9-27(23)28-10-4-5-11-29(28)30)17-25(19-26)31-15-14-22-13-12-21-8-6-16-35-32(21)33(22)36-31/h2-20H. The van der Waals surface area contributed by atoms with Crippen LogP contribution in [0, 0.1) is 6.57 Å². The van der Waals surface area contributed by atoms with Gasteiger partial charge < -0.3 is 0 Å². The zero-order valence-corrected chi connectivity index (χ0v) is 19.3. The lowest BCUT2D eigenvalue weighted by Crippen LogP contribution is -1.90. The van der Waals surface area contributed by atoms with Gasteiger partial charge in [-0.2, -0.15) is 0 Å². The minimum atomic E-state index is 0.595. The first-order valence-electron chi connectivity index (χ1n) is 11.9. The second-order valence-corrected chi connectivity index (χ2v) is 8.98. The van der Waals surface area contributed by atoms with Crippen LogP contribution in [0.25, 0.3) is 70.6 Å². The molecule has 0 aliphatic heterocycles. The van der Waals surface area contributed by atoms with Crippen molar-refractivity contribution in [3.63, 3.8) is 0 Å². The number of hydrogen-bond acceptors (Lipinski definition) is 2. The topological polar surface area (TPSA) is 30.1 Å². The average Bonchev–Trinajstić information content (AvgIpc) is 2.96. The van der Waals surface area contributed by atoms with E-state index in [1.54, 1.807) is 6.20 Å². The van der Waals surface area contributed by atoms with Crippen molar-refractivity contribution >= 4 is 49.0 Å². The maximum atomic E-state index is 7.79. The quantitative estimate of drug-likeness (QED) is 0.192. The van der Waals surface area contributed by atoms with Gasteiger partial charge in [-0.25, -0.2) is 9.83 Å². The molecule has 0 radical (unpaired) electrons. The minimum absolute atomic E-state index is 0.595. The maximum Gasteiger partial charge on any atom is 0.188 e. The van der Waals surface area contributed by atoms with Crippen molar-refractivity contribution in [3.05, 3.63) is 127 Å². The van der Waals surface area contributed by atoms with Gasteiger partial charge in [0.05, 0.1) is 23.3 Å². The third-order valence-corrected chi connectivity index (χ3v) is 6.85. The molecule has 3 nitrogen and oxygen atoms in total. The summed E-state index contributed by atoms with van der Waals surface area (Å²) >= 11 is 0. The molecule has 0 amide bonds. The predicted molar refractivity (Wildman–Crippen MR) is 149 cm³/mol. The molecule has 0 bridgehead atoms. The fraction of sp³-hybridized carbons (Fsp3) is 0. The van der Waals surface area contributed by atoms with Crippen molar-refractivity contribution in [2.24, 2.45) is 0 Å². The van der Waals surface area contributed by atoms with E-state index in [1.807, 2.05) is 24.3 Å². The molecule has 2 heterocycles. The summed E-state index contributed by atoms with van der Waals surface area (Å²) in [4.78, 5) is 13.4. The number of nitrogens with zero attached hydrogens (tertiary/aromatic N) is 3. The van der Waals surface area contributed by atoms with Gasteiger partial charge in [-0.1, -0.05) is 72.8 Å². The predicted octanol–water partition coefficient (Wildman–Crippen LogP) is 8.97. The number of pyridine rings is 2. The van der Waals surface area contributed by atoms with E-state index in [1.165, 1.54) is 21.5 Å². The number of aromatic nitrogens is 2. The Hall–Kier alpha value is -5.07. The zero-order valence-electron chi connectivity index (χ0n) is 19.3. The molecule has 166 valence electrons. The molecule has 7 aromatic rings. The Bertz CT molecular complexity index is 2010. The summed E-state index contributed by atoms with van der Waals surface area (Å²) in [7, 11) is 0. The molecule has 0 unspecified atom stereocenters. The molecule has 7 rings (SSSR count). The smallest absolute Gasteiger partial charge is 0.188 e. The van der Waals surface area contributed by atoms with Crippen LogP contribution >= 0.6 is 0 Å². The highest BCUT2D eigenvalue weighted by Crippen LogP contribution is 2.38. The van der Waals surface area contributed by atoms with E-state index < -0.39 is 0 Å². The summed E-state index contributed by atoms with van der Waals surface area (Å²) in [5.74, 6) is 0. The van der Waals surface area contributed by atoms with E-state index >= 15 is 0 Å². The summed E-state index contributed by atoms with van der Waals surface area (Å²) in [6, 6.07) is 37.5. The first-order chi connectivity index (χ1) is 17.8. The van der Waals surface area contributed by atoms with Gasteiger partial charge in [-0.15, -0.1) is 0 Å². The van der Waals surface area contributed by atoms with Gasteiger partial charge in [-0.3, -0.25) is 4.98 Å². The summed E-state index contributed by atoms with van der Waals surface area (Å²) in [5.41, 5.74) is 6.23. The van der Waals surface area contributed by atoms with Crippen molar-refractivity contribution in [3.8, 4) is 22.4 Å². The summed E-state index contributed by atoms with van der Waals surface area (Å²) < 4.78 is 0. The van der Waals surface area contributed by atoms with Gasteiger partial charge in [0, 0.05) is 17.0 Å². The summed E-state index contributed by atoms with van der Waals surface area (Å²) in [6.45, 7) is 7.79. The van der Waals surface area contributed by atoms with Crippen LogP contribution in [0.1, 0.15) is 0 Å². The van der Waals surface area contributed by atoms with Crippen LogP contribution in [-0.4, -0.2) is 9.97 Å². The molecule has 0 spiro atoms. The van der Waals surface area contributed by atoms with Gasteiger partial charge in [0.15, 0.2) is 5.69 Å². The Morgan fingerprint density at radius 2 is 1.25 bits per heavy atom. The molecule has 0 saturated heterocycles. The highest BCUT2D eigenvalue weighted by Gasteiger charge is 2.12. The van der Waals surface area contributed by atoms with Crippen molar-refractivity contribution in [2.45, 2.75) is 0 Å². The number of fused-ring (bicyclic) bond motifs is 6. The SMILES string of the molecule is [C-]#[N+]c1cc(-c2ccc3ccc4cccnc4c3n2)cc(-c2cc3ccccc3c3ccccc23)c1. The Balaban J connectivity index is 1.49. The van der Waals surface area contributed by atoms with Crippen LogP contribution in [0.2, 0.25) is 0 Å². The highest BCUT2D eigenvalue weighted by atomic mass is 14.8. The van der Waals surface area contributed by atoms with E-state index in [9.17, 15) is 0 Å². The molecule has 0 aliphatic carbocycles. The third kappa shape index (κ3) is 3.20. The molecule has 0 saturated carbocycles. The Labute approximate surface area is 208 Å². The van der Waals surface area contributed by atoms with Gasteiger partial charge >= 0.3 is 0 Å².